The van der Waals surface area contributed by atoms with Gasteiger partial charge in [0, 0.05) is 30.4 Å². The van der Waals surface area contributed by atoms with Crippen LogP contribution < -0.4 is 5.32 Å². The molecule has 0 saturated heterocycles. The van der Waals surface area contributed by atoms with Crippen molar-refractivity contribution >= 4 is 17.5 Å². The Balaban J connectivity index is 1.17. The third-order valence-corrected chi connectivity index (χ3v) is 8.18. The lowest BCUT2D eigenvalue weighted by Gasteiger charge is -2.57. The standard InChI is InChI=1S/C28H31N3O2/c1-27-12-19-11-20(13-27)15-28(14-19,18-27)16-25(32)30-24-7-4-6-23-22(24)8-10-31(26(23)33)17-21-5-2-3-9-29-21/h2-7,9,12,20H,8,10-11,13-18H2,1H3,(H,30,32). The number of carbonyl (C=O) groups is 2. The topological polar surface area (TPSA) is 62.3 Å². The molecule has 170 valence electrons. The molecule has 2 fully saturated rings. The molecule has 5 heteroatoms. The smallest absolute Gasteiger partial charge is 0.254 e. The number of fused-ring (bicyclic) bond motifs is 1. The van der Waals surface area contributed by atoms with Gasteiger partial charge in [0.05, 0.1) is 12.2 Å². The molecule has 4 bridgehead atoms. The first-order valence-corrected chi connectivity index (χ1v) is 12.2. The second-order valence-electron chi connectivity index (χ2n) is 11.1. The van der Waals surface area contributed by atoms with Gasteiger partial charge in [0.2, 0.25) is 5.91 Å². The van der Waals surface area contributed by atoms with Crippen LogP contribution in [0.3, 0.4) is 0 Å². The fourth-order valence-corrected chi connectivity index (χ4v) is 7.52. The maximum absolute atomic E-state index is 13.2. The summed E-state index contributed by atoms with van der Waals surface area (Å²) in [7, 11) is 0. The molecular weight excluding hydrogens is 410 g/mol. The minimum Gasteiger partial charge on any atom is -0.332 e. The van der Waals surface area contributed by atoms with Crippen molar-refractivity contribution < 1.29 is 9.59 Å². The minimum atomic E-state index is 0.0129. The second kappa shape index (κ2) is 7.54. The summed E-state index contributed by atoms with van der Waals surface area (Å²) in [4.78, 5) is 32.6. The molecular formula is C28H31N3O2. The van der Waals surface area contributed by atoms with E-state index in [1.807, 2.05) is 41.3 Å². The second-order valence-corrected chi connectivity index (χ2v) is 11.1. The number of pyridine rings is 1. The van der Waals surface area contributed by atoms with Crippen LogP contribution in [-0.4, -0.2) is 28.2 Å². The SMILES string of the molecule is CC12C=C3CC(C1)CC(CC(=O)Nc1cccc4c1CCN(Cc1ccccn1)C4=O)(C3)C2. The van der Waals surface area contributed by atoms with E-state index in [2.05, 4.69) is 23.3 Å². The summed E-state index contributed by atoms with van der Waals surface area (Å²) in [6.07, 6.45) is 11.5. The Morgan fingerprint density at radius 3 is 2.91 bits per heavy atom. The highest BCUT2D eigenvalue weighted by molar-refractivity contribution is 6.00. The van der Waals surface area contributed by atoms with Gasteiger partial charge in [-0.25, -0.2) is 0 Å². The molecule has 5 aliphatic rings. The number of hydrogen-bond donors (Lipinski definition) is 1. The average molecular weight is 442 g/mol. The van der Waals surface area contributed by atoms with Crippen LogP contribution in [0.1, 0.15) is 67.1 Å². The van der Waals surface area contributed by atoms with Crippen molar-refractivity contribution in [2.45, 2.75) is 58.4 Å². The van der Waals surface area contributed by atoms with Gasteiger partial charge in [-0.05, 0) is 85.1 Å². The molecule has 1 aliphatic heterocycles. The summed E-state index contributed by atoms with van der Waals surface area (Å²) in [5, 5.41) is 3.20. The number of nitrogens with zero attached hydrogens (tertiary/aromatic N) is 2. The van der Waals surface area contributed by atoms with E-state index in [1.54, 1.807) is 11.8 Å². The molecule has 1 aromatic heterocycles. The van der Waals surface area contributed by atoms with E-state index >= 15 is 0 Å². The zero-order valence-electron chi connectivity index (χ0n) is 19.3. The Morgan fingerprint density at radius 1 is 1.21 bits per heavy atom. The van der Waals surface area contributed by atoms with Crippen LogP contribution in [0.15, 0.2) is 54.2 Å². The molecule has 33 heavy (non-hydrogen) atoms. The Morgan fingerprint density at radius 2 is 2.12 bits per heavy atom. The number of anilines is 1. The predicted octanol–water partition coefficient (Wildman–Crippen LogP) is 5.14. The van der Waals surface area contributed by atoms with Gasteiger partial charge in [-0.15, -0.1) is 0 Å². The molecule has 2 saturated carbocycles. The van der Waals surface area contributed by atoms with Crippen LogP contribution in [0.2, 0.25) is 0 Å². The first-order chi connectivity index (χ1) is 15.9. The fourth-order valence-electron chi connectivity index (χ4n) is 7.52. The molecule has 1 N–H and O–H groups in total. The molecule has 2 heterocycles. The summed E-state index contributed by atoms with van der Waals surface area (Å²) in [6.45, 7) is 3.52. The van der Waals surface area contributed by atoms with Gasteiger partial charge in [-0.2, -0.15) is 0 Å². The zero-order valence-corrected chi connectivity index (χ0v) is 19.3. The maximum atomic E-state index is 13.2. The number of allylic oxidation sites excluding steroid dienone is 2. The van der Waals surface area contributed by atoms with Crippen molar-refractivity contribution in [1.82, 2.24) is 9.88 Å². The maximum Gasteiger partial charge on any atom is 0.254 e. The van der Waals surface area contributed by atoms with Crippen molar-refractivity contribution in [2.75, 3.05) is 11.9 Å². The molecule has 3 atom stereocenters. The summed E-state index contributed by atoms with van der Waals surface area (Å²) in [6, 6.07) is 11.5. The number of aromatic nitrogens is 1. The van der Waals surface area contributed by atoms with E-state index in [0.717, 1.165) is 42.1 Å². The predicted molar refractivity (Wildman–Crippen MR) is 128 cm³/mol. The van der Waals surface area contributed by atoms with E-state index in [0.29, 0.717) is 25.1 Å². The van der Waals surface area contributed by atoms with Crippen molar-refractivity contribution in [1.29, 1.82) is 0 Å². The monoisotopic (exact) mass is 441 g/mol. The van der Waals surface area contributed by atoms with Gasteiger partial charge >= 0.3 is 0 Å². The number of benzene rings is 1. The molecule has 2 aromatic rings. The van der Waals surface area contributed by atoms with Crippen molar-refractivity contribution in [3.8, 4) is 0 Å². The van der Waals surface area contributed by atoms with Crippen LogP contribution in [0, 0.1) is 16.7 Å². The van der Waals surface area contributed by atoms with E-state index in [1.165, 1.54) is 19.3 Å². The molecule has 1 aromatic carbocycles. The van der Waals surface area contributed by atoms with E-state index in [9.17, 15) is 9.59 Å². The average Bonchev–Trinajstić information content (AvgIpc) is 2.74. The van der Waals surface area contributed by atoms with Crippen LogP contribution in [0.4, 0.5) is 5.69 Å². The summed E-state index contributed by atoms with van der Waals surface area (Å²) in [5.41, 5.74) is 5.33. The molecule has 7 rings (SSSR count). The summed E-state index contributed by atoms with van der Waals surface area (Å²) >= 11 is 0. The molecule has 4 aliphatic carbocycles. The normalized spacial score (nSPS) is 29.6. The first kappa shape index (κ1) is 20.6. The van der Waals surface area contributed by atoms with Crippen molar-refractivity contribution in [3.05, 3.63) is 71.1 Å². The van der Waals surface area contributed by atoms with Crippen LogP contribution in [0.25, 0.3) is 0 Å². The third kappa shape index (κ3) is 3.77. The van der Waals surface area contributed by atoms with Gasteiger partial charge in [-0.3, -0.25) is 14.6 Å². The lowest BCUT2D eigenvalue weighted by molar-refractivity contribution is -0.121. The highest BCUT2D eigenvalue weighted by Gasteiger charge is 2.52. The van der Waals surface area contributed by atoms with E-state index < -0.39 is 0 Å². The van der Waals surface area contributed by atoms with Gasteiger partial charge in [-0.1, -0.05) is 30.7 Å². The third-order valence-electron chi connectivity index (χ3n) is 8.18. The van der Waals surface area contributed by atoms with E-state index in [-0.39, 0.29) is 22.6 Å². The minimum absolute atomic E-state index is 0.0129. The summed E-state index contributed by atoms with van der Waals surface area (Å²) in [5.74, 6) is 0.856. The quantitative estimate of drug-likeness (QED) is 0.654. The van der Waals surface area contributed by atoms with Gasteiger partial charge in [0.25, 0.3) is 5.91 Å². The molecule has 0 spiro atoms. The van der Waals surface area contributed by atoms with Gasteiger partial charge in [0.15, 0.2) is 0 Å². The van der Waals surface area contributed by atoms with Gasteiger partial charge < -0.3 is 10.2 Å². The lowest BCUT2D eigenvalue weighted by Crippen LogP contribution is -2.47. The number of rotatable bonds is 5. The van der Waals surface area contributed by atoms with Crippen LogP contribution in [0.5, 0.6) is 0 Å². The Kier molecular flexibility index (Phi) is 4.72. The zero-order chi connectivity index (χ0) is 22.6. The number of amides is 2. The van der Waals surface area contributed by atoms with Crippen LogP contribution >= 0.6 is 0 Å². The number of nitrogens with one attached hydrogen (secondary N) is 1. The summed E-state index contributed by atoms with van der Waals surface area (Å²) < 4.78 is 0. The highest BCUT2D eigenvalue weighted by Crippen LogP contribution is 2.63. The van der Waals surface area contributed by atoms with Crippen LogP contribution in [-0.2, 0) is 17.8 Å². The van der Waals surface area contributed by atoms with Gasteiger partial charge in [0.1, 0.15) is 0 Å². The molecule has 2 amide bonds. The van der Waals surface area contributed by atoms with Crippen molar-refractivity contribution in [3.63, 3.8) is 0 Å². The fraction of sp³-hybridized carbons (Fsp3) is 0.464. The van der Waals surface area contributed by atoms with E-state index in [4.69, 9.17) is 0 Å². The highest BCUT2D eigenvalue weighted by atomic mass is 16.2. The Hall–Kier alpha value is -2.95. The molecule has 0 radical (unpaired) electrons. The first-order valence-electron chi connectivity index (χ1n) is 12.2. The van der Waals surface area contributed by atoms with Crippen molar-refractivity contribution in [2.24, 2.45) is 16.7 Å². The largest absolute Gasteiger partial charge is 0.332 e. The number of carbonyl (C=O) groups excluding carboxylic acids is 2. The molecule has 5 nitrogen and oxygen atoms in total. The Labute approximate surface area is 195 Å². The number of hydrogen-bond acceptors (Lipinski definition) is 3. The molecule has 3 unspecified atom stereocenters. The lowest BCUT2D eigenvalue weighted by atomic mass is 9.48. The Bertz CT molecular complexity index is 1160.